The van der Waals surface area contributed by atoms with Crippen LogP contribution in [-0.2, 0) is 13.1 Å². The van der Waals surface area contributed by atoms with Crippen LogP contribution in [0.3, 0.4) is 0 Å². The smallest absolute Gasteiger partial charge is 0.408 e. The second-order valence-corrected chi connectivity index (χ2v) is 7.66. The Hall–Kier alpha value is -1.89. The van der Waals surface area contributed by atoms with E-state index in [-0.39, 0.29) is 5.76 Å². The largest absolute Gasteiger partial charge is 0.421 e. The lowest BCUT2D eigenvalue weighted by Crippen LogP contribution is -2.47. The quantitative estimate of drug-likeness (QED) is 0.641. The first-order chi connectivity index (χ1) is 12.7. The molecule has 0 saturated carbocycles. The van der Waals surface area contributed by atoms with Crippen LogP contribution < -0.4 is 5.76 Å². The molecular formula is C20H22BrN3O2. The van der Waals surface area contributed by atoms with Crippen LogP contribution in [0.15, 0.2) is 62.2 Å². The van der Waals surface area contributed by atoms with Crippen molar-refractivity contribution in [2.45, 2.75) is 13.1 Å². The highest BCUT2D eigenvalue weighted by molar-refractivity contribution is 9.10. The van der Waals surface area contributed by atoms with Gasteiger partial charge >= 0.3 is 5.76 Å². The van der Waals surface area contributed by atoms with E-state index in [4.69, 9.17) is 4.42 Å². The summed E-state index contributed by atoms with van der Waals surface area (Å²) in [5.74, 6) is -0.287. The van der Waals surface area contributed by atoms with E-state index in [0.29, 0.717) is 12.3 Å². The minimum absolute atomic E-state index is 0.287. The molecule has 1 saturated heterocycles. The molecule has 1 aliphatic heterocycles. The monoisotopic (exact) mass is 415 g/mol. The first kappa shape index (κ1) is 17.5. The third-order valence-corrected chi connectivity index (χ3v) is 5.49. The van der Waals surface area contributed by atoms with Crippen molar-refractivity contribution in [1.82, 2.24) is 14.4 Å². The molecular weight excluding hydrogens is 394 g/mol. The number of oxazole rings is 1. The highest BCUT2D eigenvalue weighted by atomic mass is 79.9. The van der Waals surface area contributed by atoms with Crippen LogP contribution in [0.4, 0.5) is 0 Å². The third-order valence-electron chi connectivity index (χ3n) is 5.00. The molecule has 3 aromatic rings. The van der Waals surface area contributed by atoms with Gasteiger partial charge in [-0.25, -0.2) is 4.79 Å². The molecule has 0 radical (unpaired) electrons. The van der Waals surface area contributed by atoms with Gasteiger partial charge in [-0.3, -0.25) is 9.47 Å². The fourth-order valence-corrected chi connectivity index (χ4v) is 3.80. The molecule has 6 heteroatoms. The first-order valence-corrected chi connectivity index (χ1v) is 9.76. The normalized spacial score (nSPS) is 16.3. The average molecular weight is 416 g/mol. The van der Waals surface area contributed by atoms with Crippen LogP contribution in [0, 0.1) is 0 Å². The summed E-state index contributed by atoms with van der Waals surface area (Å²) in [4.78, 5) is 17.0. The standard InChI is InChI=1S/C20H22BrN3O2/c21-17-6-7-18-19(14-17)26-20(25)24(18)15-23-12-10-22(11-13-23)9-8-16-4-2-1-3-5-16/h1-7,14H,8-13,15H2. The molecule has 1 fully saturated rings. The van der Waals surface area contributed by atoms with Gasteiger partial charge in [-0.1, -0.05) is 46.3 Å². The van der Waals surface area contributed by atoms with Crippen molar-refractivity contribution in [2.75, 3.05) is 32.7 Å². The van der Waals surface area contributed by atoms with Crippen molar-refractivity contribution in [1.29, 1.82) is 0 Å². The number of nitrogens with zero attached hydrogens (tertiary/aromatic N) is 3. The Balaban J connectivity index is 1.34. The van der Waals surface area contributed by atoms with Crippen molar-refractivity contribution in [2.24, 2.45) is 0 Å². The number of halogens is 1. The Bertz CT molecular complexity index is 927. The van der Waals surface area contributed by atoms with Crippen molar-refractivity contribution in [3.8, 4) is 0 Å². The minimum Gasteiger partial charge on any atom is -0.408 e. The van der Waals surface area contributed by atoms with Crippen LogP contribution in [0.25, 0.3) is 11.1 Å². The van der Waals surface area contributed by atoms with E-state index >= 15 is 0 Å². The van der Waals surface area contributed by atoms with Gasteiger partial charge in [0.15, 0.2) is 5.58 Å². The van der Waals surface area contributed by atoms with Crippen LogP contribution >= 0.6 is 15.9 Å². The van der Waals surface area contributed by atoms with E-state index in [1.165, 1.54) is 5.56 Å². The molecule has 0 N–H and O–H groups in total. The molecule has 0 amide bonds. The van der Waals surface area contributed by atoms with Gasteiger partial charge in [0.1, 0.15) is 0 Å². The van der Waals surface area contributed by atoms with Gasteiger partial charge in [0.05, 0.1) is 12.2 Å². The van der Waals surface area contributed by atoms with E-state index in [0.717, 1.165) is 49.1 Å². The van der Waals surface area contributed by atoms with Gasteiger partial charge in [-0.2, -0.15) is 0 Å². The second kappa shape index (κ2) is 7.78. The summed E-state index contributed by atoms with van der Waals surface area (Å²) in [6.45, 7) is 5.65. The van der Waals surface area contributed by atoms with E-state index in [1.807, 2.05) is 18.2 Å². The maximum Gasteiger partial charge on any atom is 0.421 e. The number of hydrogen-bond acceptors (Lipinski definition) is 4. The maximum atomic E-state index is 12.2. The number of hydrogen-bond donors (Lipinski definition) is 0. The molecule has 0 atom stereocenters. The van der Waals surface area contributed by atoms with Gasteiger partial charge in [0, 0.05) is 37.2 Å². The Morgan fingerprint density at radius 2 is 1.69 bits per heavy atom. The molecule has 2 heterocycles. The number of aromatic nitrogens is 1. The maximum absolute atomic E-state index is 12.2. The lowest BCUT2D eigenvalue weighted by molar-refractivity contribution is 0.107. The molecule has 0 unspecified atom stereocenters. The fourth-order valence-electron chi connectivity index (χ4n) is 3.46. The zero-order valence-electron chi connectivity index (χ0n) is 14.6. The third kappa shape index (κ3) is 3.92. The lowest BCUT2D eigenvalue weighted by Gasteiger charge is -2.34. The predicted octanol–water partition coefficient (Wildman–Crippen LogP) is 3.17. The second-order valence-electron chi connectivity index (χ2n) is 6.74. The van der Waals surface area contributed by atoms with Crippen LogP contribution in [0.1, 0.15) is 5.56 Å². The Morgan fingerprint density at radius 3 is 2.46 bits per heavy atom. The van der Waals surface area contributed by atoms with Crippen molar-refractivity contribution in [3.05, 3.63) is 69.1 Å². The Morgan fingerprint density at radius 1 is 0.962 bits per heavy atom. The van der Waals surface area contributed by atoms with E-state index in [1.54, 1.807) is 4.57 Å². The fraction of sp³-hybridized carbons (Fsp3) is 0.350. The van der Waals surface area contributed by atoms with Gasteiger partial charge < -0.3 is 9.32 Å². The zero-order valence-corrected chi connectivity index (χ0v) is 16.2. The highest BCUT2D eigenvalue weighted by Crippen LogP contribution is 2.19. The zero-order chi connectivity index (χ0) is 17.9. The Labute approximate surface area is 160 Å². The molecule has 4 rings (SSSR count). The molecule has 0 bridgehead atoms. The van der Waals surface area contributed by atoms with Crippen molar-refractivity contribution >= 4 is 27.0 Å². The summed E-state index contributed by atoms with van der Waals surface area (Å²) in [5, 5.41) is 0. The van der Waals surface area contributed by atoms with Gasteiger partial charge in [-0.15, -0.1) is 0 Å². The van der Waals surface area contributed by atoms with Crippen LogP contribution in [-0.4, -0.2) is 47.1 Å². The molecule has 0 spiro atoms. The molecule has 1 aromatic heterocycles. The lowest BCUT2D eigenvalue weighted by atomic mass is 10.1. The summed E-state index contributed by atoms with van der Waals surface area (Å²) in [5.41, 5.74) is 2.87. The van der Waals surface area contributed by atoms with Gasteiger partial charge in [-0.05, 0) is 30.2 Å². The number of rotatable bonds is 5. The SMILES string of the molecule is O=c1oc2cc(Br)ccc2n1CN1CCN(CCc2ccccc2)CC1. The van der Waals surface area contributed by atoms with Gasteiger partial charge in [0.25, 0.3) is 0 Å². The number of fused-ring (bicyclic) bond motifs is 1. The number of benzene rings is 2. The molecule has 26 heavy (non-hydrogen) atoms. The molecule has 2 aromatic carbocycles. The molecule has 1 aliphatic rings. The first-order valence-electron chi connectivity index (χ1n) is 8.96. The van der Waals surface area contributed by atoms with E-state index in [2.05, 4.69) is 56.1 Å². The summed E-state index contributed by atoms with van der Waals surface area (Å²) in [6, 6.07) is 16.3. The molecule has 136 valence electrons. The van der Waals surface area contributed by atoms with Crippen molar-refractivity contribution < 1.29 is 4.42 Å². The summed E-state index contributed by atoms with van der Waals surface area (Å²) >= 11 is 3.42. The Kier molecular flexibility index (Phi) is 5.24. The summed E-state index contributed by atoms with van der Waals surface area (Å²) < 4.78 is 8.01. The topological polar surface area (TPSA) is 41.6 Å². The van der Waals surface area contributed by atoms with Gasteiger partial charge in [0.2, 0.25) is 0 Å². The van der Waals surface area contributed by atoms with Crippen molar-refractivity contribution in [3.63, 3.8) is 0 Å². The van der Waals surface area contributed by atoms with Crippen LogP contribution in [0.2, 0.25) is 0 Å². The summed E-state index contributed by atoms with van der Waals surface area (Å²) in [6.07, 6.45) is 1.08. The van der Waals surface area contributed by atoms with E-state index < -0.39 is 0 Å². The predicted molar refractivity (Wildman–Crippen MR) is 106 cm³/mol. The highest BCUT2D eigenvalue weighted by Gasteiger charge is 2.19. The van der Waals surface area contributed by atoms with Crippen LogP contribution in [0.5, 0.6) is 0 Å². The average Bonchev–Trinajstić information content (AvgIpc) is 2.96. The number of piperazine rings is 1. The summed E-state index contributed by atoms with van der Waals surface area (Å²) in [7, 11) is 0. The van der Waals surface area contributed by atoms with E-state index in [9.17, 15) is 4.79 Å². The molecule has 5 nitrogen and oxygen atoms in total. The molecule has 0 aliphatic carbocycles. The minimum atomic E-state index is -0.287.